The van der Waals surface area contributed by atoms with Crippen molar-refractivity contribution < 1.29 is 8.42 Å². The van der Waals surface area contributed by atoms with E-state index in [0.29, 0.717) is 11.4 Å². The molecule has 1 aromatic carbocycles. The molecule has 0 aliphatic rings. The largest absolute Gasteiger partial charge is 0.398 e. The van der Waals surface area contributed by atoms with Gasteiger partial charge in [-0.15, -0.1) is 0 Å². The van der Waals surface area contributed by atoms with Crippen LogP contribution in [0.15, 0.2) is 17.0 Å². The first kappa shape index (κ1) is 13.8. The minimum Gasteiger partial charge on any atom is -0.398 e. The molecule has 1 aromatic heterocycles. The van der Waals surface area contributed by atoms with Gasteiger partial charge in [-0.25, -0.2) is 13.4 Å². The van der Waals surface area contributed by atoms with Gasteiger partial charge in [0.2, 0.25) is 5.13 Å². The van der Waals surface area contributed by atoms with Gasteiger partial charge in [0.05, 0.1) is 5.69 Å². The van der Waals surface area contributed by atoms with Gasteiger partial charge in [-0.1, -0.05) is 6.07 Å². The third-order valence-electron chi connectivity index (χ3n) is 2.73. The Hall–Kier alpha value is -1.67. The molecular formula is C11H14N4O2S2. The van der Waals surface area contributed by atoms with Crippen LogP contribution >= 0.6 is 11.5 Å². The lowest BCUT2D eigenvalue weighted by atomic mass is 10.1. The van der Waals surface area contributed by atoms with Crippen molar-refractivity contribution >= 4 is 32.4 Å². The molecule has 19 heavy (non-hydrogen) atoms. The van der Waals surface area contributed by atoms with Crippen LogP contribution in [0, 0.1) is 20.8 Å². The number of nitrogens with one attached hydrogen (secondary N) is 1. The fraction of sp³-hybridized carbons (Fsp3) is 0.273. The zero-order chi connectivity index (χ0) is 14.2. The van der Waals surface area contributed by atoms with Crippen LogP contribution in [0.4, 0.5) is 10.8 Å². The van der Waals surface area contributed by atoms with E-state index in [-0.39, 0.29) is 15.7 Å². The monoisotopic (exact) mass is 298 g/mol. The van der Waals surface area contributed by atoms with E-state index >= 15 is 0 Å². The number of aryl methyl sites for hydroxylation is 2. The minimum atomic E-state index is -3.75. The Morgan fingerprint density at radius 2 is 1.95 bits per heavy atom. The highest BCUT2D eigenvalue weighted by Crippen LogP contribution is 2.27. The van der Waals surface area contributed by atoms with Gasteiger partial charge in [0, 0.05) is 11.5 Å². The smallest absolute Gasteiger partial charge is 0.266 e. The number of rotatable bonds is 3. The minimum absolute atomic E-state index is 0.0975. The van der Waals surface area contributed by atoms with Crippen LogP contribution in [-0.2, 0) is 10.0 Å². The third-order valence-corrected chi connectivity index (χ3v) is 5.12. The van der Waals surface area contributed by atoms with E-state index in [2.05, 4.69) is 14.1 Å². The fourth-order valence-corrected chi connectivity index (χ4v) is 3.90. The molecule has 6 nitrogen and oxygen atoms in total. The zero-order valence-corrected chi connectivity index (χ0v) is 12.4. The molecule has 1 heterocycles. The van der Waals surface area contributed by atoms with Crippen molar-refractivity contribution in [3.63, 3.8) is 0 Å². The average molecular weight is 298 g/mol. The molecule has 0 aliphatic heterocycles. The van der Waals surface area contributed by atoms with E-state index < -0.39 is 10.0 Å². The van der Waals surface area contributed by atoms with Crippen LogP contribution in [0.2, 0.25) is 0 Å². The second-order valence-electron chi connectivity index (χ2n) is 4.18. The van der Waals surface area contributed by atoms with Crippen molar-refractivity contribution in [2.45, 2.75) is 25.7 Å². The maximum absolute atomic E-state index is 12.4. The lowest BCUT2D eigenvalue weighted by Crippen LogP contribution is -2.16. The van der Waals surface area contributed by atoms with Crippen LogP contribution in [-0.4, -0.2) is 17.8 Å². The van der Waals surface area contributed by atoms with Crippen molar-refractivity contribution in [3.8, 4) is 0 Å². The summed E-state index contributed by atoms with van der Waals surface area (Å²) in [5, 5.41) is 0.234. The van der Waals surface area contributed by atoms with E-state index in [1.54, 1.807) is 26.0 Å². The normalized spacial score (nSPS) is 11.5. The van der Waals surface area contributed by atoms with E-state index in [9.17, 15) is 8.42 Å². The first-order chi connectivity index (χ1) is 8.81. The van der Waals surface area contributed by atoms with Crippen LogP contribution < -0.4 is 10.5 Å². The van der Waals surface area contributed by atoms with Gasteiger partial charge < -0.3 is 5.73 Å². The molecule has 102 valence electrons. The van der Waals surface area contributed by atoms with E-state index in [4.69, 9.17) is 5.73 Å². The standard InChI is InChI=1S/C11H14N4O2S2/c1-6-4-5-9(12)10(7(6)2)19(16,17)15-11-13-8(3)14-18-11/h4-5H,12H2,1-3H3,(H,13,14,15). The molecule has 3 N–H and O–H groups in total. The van der Waals surface area contributed by atoms with Crippen LogP contribution in [0.5, 0.6) is 0 Å². The SMILES string of the molecule is Cc1nsc(NS(=O)(=O)c2c(N)ccc(C)c2C)n1. The summed E-state index contributed by atoms with van der Waals surface area (Å²) >= 11 is 0.995. The predicted molar refractivity (Wildman–Crippen MR) is 75.8 cm³/mol. The lowest BCUT2D eigenvalue weighted by molar-refractivity contribution is 0.601. The number of nitrogen functional groups attached to an aromatic ring is 1. The maximum Gasteiger partial charge on any atom is 0.266 e. The van der Waals surface area contributed by atoms with Gasteiger partial charge in [-0.05, 0) is 38.0 Å². The number of benzene rings is 1. The highest BCUT2D eigenvalue weighted by Gasteiger charge is 2.22. The summed E-state index contributed by atoms with van der Waals surface area (Å²) < 4.78 is 31.0. The van der Waals surface area contributed by atoms with Gasteiger partial charge in [-0.3, -0.25) is 4.72 Å². The molecule has 2 rings (SSSR count). The van der Waals surface area contributed by atoms with Crippen molar-refractivity contribution in [2.75, 3.05) is 10.5 Å². The van der Waals surface area contributed by atoms with Gasteiger partial charge in [0.25, 0.3) is 10.0 Å². The van der Waals surface area contributed by atoms with Crippen molar-refractivity contribution in [3.05, 3.63) is 29.1 Å². The number of nitrogens with zero attached hydrogens (tertiary/aromatic N) is 2. The van der Waals surface area contributed by atoms with Crippen LogP contribution in [0.3, 0.4) is 0 Å². The Morgan fingerprint density at radius 3 is 2.53 bits per heavy atom. The molecule has 0 aliphatic carbocycles. The van der Waals surface area contributed by atoms with Crippen LogP contribution in [0.25, 0.3) is 0 Å². The van der Waals surface area contributed by atoms with Crippen LogP contribution in [0.1, 0.15) is 17.0 Å². The van der Waals surface area contributed by atoms with Gasteiger partial charge in [-0.2, -0.15) is 4.37 Å². The summed E-state index contributed by atoms with van der Waals surface area (Å²) in [6.07, 6.45) is 0. The average Bonchev–Trinajstić information content (AvgIpc) is 2.68. The van der Waals surface area contributed by atoms with Gasteiger partial charge >= 0.3 is 0 Å². The van der Waals surface area contributed by atoms with Crippen molar-refractivity contribution in [1.82, 2.24) is 9.36 Å². The number of hydrogen-bond acceptors (Lipinski definition) is 6. The first-order valence-corrected chi connectivity index (χ1v) is 7.76. The molecule has 0 radical (unpaired) electrons. The summed E-state index contributed by atoms with van der Waals surface area (Å²) in [5.74, 6) is 0.525. The highest BCUT2D eigenvalue weighted by atomic mass is 32.2. The summed E-state index contributed by atoms with van der Waals surface area (Å²) in [5.41, 5.74) is 7.50. The highest BCUT2D eigenvalue weighted by molar-refractivity contribution is 7.93. The van der Waals surface area contributed by atoms with Gasteiger partial charge in [0.1, 0.15) is 10.7 Å². The fourth-order valence-electron chi connectivity index (χ4n) is 1.67. The summed E-state index contributed by atoms with van der Waals surface area (Å²) in [7, 11) is -3.75. The Kier molecular flexibility index (Phi) is 3.46. The Morgan fingerprint density at radius 1 is 1.26 bits per heavy atom. The number of aromatic nitrogens is 2. The first-order valence-electron chi connectivity index (χ1n) is 5.50. The molecule has 0 saturated carbocycles. The summed E-state index contributed by atoms with van der Waals surface area (Å²) in [6, 6.07) is 3.38. The Labute approximate surface area is 115 Å². The molecule has 8 heteroatoms. The quantitative estimate of drug-likeness (QED) is 0.843. The lowest BCUT2D eigenvalue weighted by Gasteiger charge is -2.12. The zero-order valence-electron chi connectivity index (χ0n) is 10.8. The summed E-state index contributed by atoms with van der Waals surface area (Å²) in [6.45, 7) is 5.26. The molecule has 0 saturated heterocycles. The molecule has 0 spiro atoms. The van der Waals surface area contributed by atoms with E-state index in [1.807, 2.05) is 6.92 Å². The number of hydrogen-bond donors (Lipinski definition) is 2. The van der Waals surface area contributed by atoms with E-state index in [0.717, 1.165) is 17.1 Å². The summed E-state index contributed by atoms with van der Waals surface area (Å²) in [4.78, 5) is 4.08. The molecule has 0 amide bonds. The van der Waals surface area contributed by atoms with Crippen molar-refractivity contribution in [1.29, 1.82) is 0 Å². The third kappa shape index (κ3) is 2.69. The predicted octanol–water partition coefficient (Wildman–Crippen LogP) is 1.85. The molecule has 0 bridgehead atoms. The van der Waals surface area contributed by atoms with Crippen molar-refractivity contribution in [2.24, 2.45) is 0 Å². The molecule has 0 atom stereocenters. The number of nitrogens with two attached hydrogens (primary N) is 1. The Balaban J connectivity index is 2.48. The molecule has 2 aromatic rings. The topological polar surface area (TPSA) is 98.0 Å². The maximum atomic E-state index is 12.4. The molecule has 0 unspecified atom stereocenters. The molecule has 0 fully saturated rings. The number of anilines is 2. The molecular weight excluding hydrogens is 284 g/mol. The second kappa shape index (κ2) is 4.78. The van der Waals surface area contributed by atoms with E-state index in [1.165, 1.54) is 0 Å². The Bertz CT molecular complexity index is 722. The van der Waals surface area contributed by atoms with Gasteiger partial charge in [0.15, 0.2) is 0 Å². The second-order valence-corrected chi connectivity index (χ2v) is 6.55. The number of sulfonamides is 1.